The molecule has 0 aliphatic heterocycles. The predicted molar refractivity (Wildman–Crippen MR) is 86.5 cm³/mol. The summed E-state index contributed by atoms with van der Waals surface area (Å²) in [5.41, 5.74) is 0.754. The van der Waals surface area contributed by atoms with Crippen LogP contribution in [0.1, 0.15) is 44.5 Å². The Morgan fingerprint density at radius 2 is 2.00 bits per heavy atom. The largest absolute Gasteiger partial charge is 0.342 e. The predicted octanol–water partition coefficient (Wildman–Crippen LogP) is 2.59. The smallest absolute Gasteiger partial charge is 0.270 e. The maximum absolute atomic E-state index is 12.5. The van der Waals surface area contributed by atoms with Crippen LogP contribution < -0.4 is 5.32 Å². The quantitative estimate of drug-likeness (QED) is 0.705. The average molecular weight is 326 g/mol. The Bertz CT molecular complexity index is 812. The summed E-state index contributed by atoms with van der Waals surface area (Å²) in [6, 6.07) is 8.50. The number of nitrogens with zero attached hydrogens (tertiary/aromatic N) is 2. The van der Waals surface area contributed by atoms with Crippen molar-refractivity contribution in [2.45, 2.75) is 13.0 Å². The molecule has 0 saturated heterocycles. The van der Waals surface area contributed by atoms with Crippen molar-refractivity contribution >= 4 is 23.0 Å². The molecule has 2 N–H and O–H groups in total. The number of rotatable bonds is 5. The van der Waals surface area contributed by atoms with Crippen LogP contribution >= 0.6 is 11.3 Å². The molecular formula is C16H14N4O2S. The molecule has 1 amide bonds. The second kappa shape index (κ2) is 6.53. The first kappa shape index (κ1) is 15.1. The minimum Gasteiger partial charge on any atom is -0.342 e. The molecule has 6 nitrogen and oxygen atoms in total. The number of benzene rings is 1. The third-order valence-electron chi connectivity index (χ3n) is 3.29. The maximum Gasteiger partial charge on any atom is 0.270 e. The Kier molecular flexibility index (Phi) is 4.29. The van der Waals surface area contributed by atoms with Gasteiger partial charge in [-0.25, -0.2) is 9.97 Å². The van der Waals surface area contributed by atoms with Crippen molar-refractivity contribution in [2.24, 2.45) is 0 Å². The van der Waals surface area contributed by atoms with Crippen LogP contribution in [0.25, 0.3) is 0 Å². The molecule has 2 aromatic heterocycles. The van der Waals surface area contributed by atoms with Gasteiger partial charge in [0, 0.05) is 17.1 Å². The molecule has 0 bridgehead atoms. The Labute approximate surface area is 136 Å². The van der Waals surface area contributed by atoms with E-state index in [-0.39, 0.29) is 29.1 Å². The standard InChI is InChI=1S/C16H14N4O2S/c1-10(16-17-7-8-23-16)20-15(22)13-12(18-9-19-13)14(21)11-5-3-2-4-6-11/h2-10H,1H3,(H,18,19)(H,20,22)/t10-/m0/s1. The Morgan fingerprint density at radius 3 is 2.70 bits per heavy atom. The number of carbonyl (C=O) groups is 2. The van der Waals surface area contributed by atoms with Crippen molar-refractivity contribution in [3.63, 3.8) is 0 Å². The Hall–Kier alpha value is -2.80. The number of thiazole rings is 1. The van der Waals surface area contributed by atoms with E-state index in [9.17, 15) is 9.59 Å². The third-order valence-corrected chi connectivity index (χ3v) is 4.25. The molecule has 3 aromatic rings. The van der Waals surface area contributed by atoms with Crippen LogP contribution in [-0.4, -0.2) is 26.6 Å². The summed E-state index contributed by atoms with van der Waals surface area (Å²) in [6.07, 6.45) is 3.03. The monoisotopic (exact) mass is 326 g/mol. The number of nitrogens with one attached hydrogen (secondary N) is 2. The van der Waals surface area contributed by atoms with Gasteiger partial charge in [-0.1, -0.05) is 30.3 Å². The van der Waals surface area contributed by atoms with Gasteiger partial charge in [-0.3, -0.25) is 9.59 Å². The molecule has 116 valence electrons. The first-order valence-electron chi connectivity index (χ1n) is 7.00. The molecule has 3 rings (SSSR count). The van der Waals surface area contributed by atoms with Crippen molar-refractivity contribution in [2.75, 3.05) is 0 Å². The topological polar surface area (TPSA) is 87.7 Å². The van der Waals surface area contributed by atoms with Crippen molar-refractivity contribution in [3.8, 4) is 0 Å². The van der Waals surface area contributed by atoms with E-state index in [1.807, 2.05) is 18.4 Å². The molecule has 0 unspecified atom stereocenters. The third kappa shape index (κ3) is 3.19. The molecule has 0 aliphatic rings. The highest BCUT2D eigenvalue weighted by atomic mass is 32.1. The van der Waals surface area contributed by atoms with Gasteiger partial charge in [0.2, 0.25) is 5.78 Å². The fourth-order valence-electron chi connectivity index (χ4n) is 2.14. The van der Waals surface area contributed by atoms with Crippen LogP contribution in [0.4, 0.5) is 0 Å². The lowest BCUT2D eigenvalue weighted by molar-refractivity contribution is 0.0924. The van der Waals surface area contributed by atoms with Gasteiger partial charge in [0.25, 0.3) is 5.91 Å². The molecule has 2 heterocycles. The highest BCUT2D eigenvalue weighted by Gasteiger charge is 2.23. The fourth-order valence-corrected chi connectivity index (χ4v) is 2.79. The summed E-state index contributed by atoms with van der Waals surface area (Å²) < 4.78 is 0. The number of carbonyl (C=O) groups excluding carboxylic acids is 2. The molecule has 23 heavy (non-hydrogen) atoms. The van der Waals surface area contributed by atoms with Gasteiger partial charge in [-0.2, -0.15) is 0 Å². The average Bonchev–Trinajstić information content (AvgIpc) is 3.26. The van der Waals surface area contributed by atoms with Crippen molar-refractivity contribution in [1.29, 1.82) is 0 Å². The van der Waals surface area contributed by atoms with Gasteiger partial charge in [0.1, 0.15) is 16.4 Å². The van der Waals surface area contributed by atoms with Crippen molar-refractivity contribution in [1.82, 2.24) is 20.3 Å². The van der Waals surface area contributed by atoms with Crippen LogP contribution in [0.5, 0.6) is 0 Å². The lowest BCUT2D eigenvalue weighted by Crippen LogP contribution is -2.28. The van der Waals surface area contributed by atoms with Gasteiger partial charge in [0.05, 0.1) is 12.4 Å². The van der Waals surface area contributed by atoms with Gasteiger partial charge >= 0.3 is 0 Å². The molecule has 0 radical (unpaired) electrons. The van der Waals surface area contributed by atoms with Gasteiger partial charge in [0.15, 0.2) is 0 Å². The van der Waals surface area contributed by atoms with Crippen LogP contribution in [0.3, 0.4) is 0 Å². The summed E-state index contributed by atoms with van der Waals surface area (Å²) in [6.45, 7) is 1.84. The van der Waals surface area contributed by atoms with E-state index >= 15 is 0 Å². The zero-order valence-electron chi connectivity index (χ0n) is 12.3. The Balaban J connectivity index is 1.80. The maximum atomic E-state index is 12.5. The van der Waals surface area contributed by atoms with Gasteiger partial charge in [-0.15, -0.1) is 11.3 Å². The number of hydrogen-bond acceptors (Lipinski definition) is 5. The van der Waals surface area contributed by atoms with E-state index in [0.717, 1.165) is 5.01 Å². The number of amides is 1. The zero-order chi connectivity index (χ0) is 16.2. The molecule has 7 heteroatoms. The summed E-state index contributed by atoms with van der Waals surface area (Å²) in [5.74, 6) is -0.677. The highest BCUT2D eigenvalue weighted by Crippen LogP contribution is 2.16. The number of ketones is 1. The summed E-state index contributed by atoms with van der Waals surface area (Å²) in [5, 5.41) is 5.46. The number of hydrogen-bond donors (Lipinski definition) is 2. The SMILES string of the molecule is C[C@H](NC(=O)c1[nH]cnc1C(=O)c1ccccc1)c1nccs1. The normalized spacial score (nSPS) is 11.9. The Morgan fingerprint density at radius 1 is 1.22 bits per heavy atom. The first-order chi connectivity index (χ1) is 11.2. The number of imidazole rings is 1. The van der Waals surface area contributed by atoms with E-state index in [2.05, 4.69) is 20.3 Å². The zero-order valence-corrected chi connectivity index (χ0v) is 13.1. The number of aromatic amines is 1. The lowest BCUT2D eigenvalue weighted by atomic mass is 10.1. The van der Waals surface area contributed by atoms with Crippen LogP contribution in [0, 0.1) is 0 Å². The number of aromatic nitrogens is 3. The first-order valence-corrected chi connectivity index (χ1v) is 7.88. The van der Waals surface area contributed by atoms with Crippen LogP contribution in [0.2, 0.25) is 0 Å². The lowest BCUT2D eigenvalue weighted by Gasteiger charge is -2.10. The van der Waals surface area contributed by atoms with E-state index in [1.54, 1.807) is 30.5 Å². The second-order valence-corrected chi connectivity index (χ2v) is 5.81. The molecule has 1 atom stereocenters. The number of H-pyrrole nitrogens is 1. The summed E-state index contributed by atoms with van der Waals surface area (Å²) in [7, 11) is 0. The van der Waals surface area contributed by atoms with E-state index < -0.39 is 0 Å². The van der Waals surface area contributed by atoms with Crippen molar-refractivity contribution < 1.29 is 9.59 Å². The van der Waals surface area contributed by atoms with E-state index in [0.29, 0.717) is 5.56 Å². The van der Waals surface area contributed by atoms with Gasteiger partial charge in [-0.05, 0) is 6.92 Å². The highest BCUT2D eigenvalue weighted by molar-refractivity contribution is 7.09. The van der Waals surface area contributed by atoms with Gasteiger partial charge < -0.3 is 10.3 Å². The molecule has 0 spiro atoms. The molecule has 0 saturated carbocycles. The minimum absolute atomic E-state index is 0.111. The van der Waals surface area contributed by atoms with E-state index in [4.69, 9.17) is 0 Å². The fraction of sp³-hybridized carbons (Fsp3) is 0.125. The minimum atomic E-state index is -0.385. The van der Waals surface area contributed by atoms with Crippen LogP contribution in [0.15, 0.2) is 48.2 Å². The van der Waals surface area contributed by atoms with Crippen molar-refractivity contribution in [3.05, 3.63) is 70.2 Å². The summed E-state index contributed by atoms with van der Waals surface area (Å²) >= 11 is 1.46. The van der Waals surface area contributed by atoms with E-state index in [1.165, 1.54) is 17.7 Å². The molecule has 1 aromatic carbocycles. The summed E-state index contributed by atoms with van der Waals surface area (Å²) in [4.78, 5) is 35.8. The molecular weight excluding hydrogens is 312 g/mol. The van der Waals surface area contributed by atoms with Crippen LogP contribution in [-0.2, 0) is 0 Å². The molecule has 0 fully saturated rings. The molecule has 0 aliphatic carbocycles. The second-order valence-electron chi connectivity index (χ2n) is 4.89.